The predicted molar refractivity (Wildman–Crippen MR) is 184 cm³/mol. The molecule has 1 fully saturated rings. The van der Waals surface area contributed by atoms with Crippen LogP contribution in [0.25, 0.3) is 11.3 Å². The third-order valence-corrected chi connectivity index (χ3v) is 9.03. The molecular formula is C38H37N5O4. The highest BCUT2D eigenvalue weighted by Crippen LogP contribution is 2.39. The summed E-state index contributed by atoms with van der Waals surface area (Å²) >= 11 is 0. The molecule has 7 rings (SSSR count). The molecule has 3 aliphatic rings. The van der Waals surface area contributed by atoms with E-state index in [0.717, 1.165) is 60.7 Å². The average Bonchev–Trinajstić information content (AvgIpc) is 3.67. The zero-order chi connectivity index (χ0) is 32.3. The summed E-state index contributed by atoms with van der Waals surface area (Å²) in [5.41, 5.74) is 7.36. The SMILES string of the molecule is CN1CCN(CC(=O)N2CCc3cc(N/C(=C4\C(=O)Nc5cc(C(=O)OCc6ccccc6)ccc54)c4ccccc4)ccc32)CC1. The van der Waals surface area contributed by atoms with Gasteiger partial charge in [-0.25, -0.2) is 4.79 Å². The standard InChI is InChI=1S/C38H37N5O4/c1-41-18-20-42(21-19-41)24-34(44)43-17-16-28-22-30(13-15-33(28)43)39-36(27-10-6-3-7-11-27)35-31-14-12-29(23-32(31)40-37(35)45)38(46)47-25-26-8-4-2-5-9-26/h2-15,22-23,39H,16-21,24-25H2,1H3,(H,40,45)/b36-35-. The smallest absolute Gasteiger partial charge is 0.338 e. The quantitative estimate of drug-likeness (QED) is 0.207. The van der Waals surface area contributed by atoms with Gasteiger partial charge >= 0.3 is 5.97 Å². The number of piperazine rings is 1. The molecular weight excluding hydrogens is 590 g/mol. The highest BCUT2D eigenvalue weighted by atomic mass is 16.5. The molecule has 238 valence electrons. The Morgan fingerprint density at radius 1 is 0.830 bits per heavy atom. The number of nitrogens with one attached hydrogen (secondary N) is 2. The molecule has 0 radical (unpaired) electrons. The van der Waals surface area contributed by atoms with Crippen molar-refractivity contribution >= 4 is 46.1 Å². The molecule has 0 unspecified atom stereocenters. The summed E-state index contributed by atoms with van der Waals surface area (Å²) in [6.45, 7) is 5.01. The number of benzene rings is 4. The number of hydrogen-bond donors (Lipinski definition) is 2. The lowest BCUT2D eigenvalue weighted by Gasteiger charge is -2.32. The molecule has 1 saturated heterocycles. The van der Waals surface area contributed by atoms with Crippen molar-refractivity contribution in [3.63, 3.8) is 0 Å². The first kappa shape index (κ1) is 30.4. The summed E-state index contributed by atoms with van der Waals surface area (Å²) in [7, 11) is 2.11. The van der Waals surface area contributed by atoms with Crippen LogP contribution in [0.5, 0.6) is 0 Å². The molecule has 0 saturated carbocycles. The van der Waals surface area contributed by atoms with Crippen molar-refractivity contribution in [1.29, 1.82) is 0 Å². The molecule has 9 heteroatoms. The lowest BCUT2D eigenvalue weighted by atomic mass is 9.99. The average molecular weight is 628 g/mol. The highest BCUT2D eigenvalue weighted by Gasteiger charge is 2.31. The van der Waals surface area contributed by atoms with Crippen molar-refractivity contribution in [2.24, 2.45) is 0 Å². The third-order valence-electron chi connectivity index (χ3n) is 9.03. The first-order valence-corrected chi connectivity index (χ1v) is 16.0. The third kappa shape index (κ3) is 6.54. The van der Waals surface area contributed by atoms with Gasteiger partial charge in [-0.3, -0.25) is 14.5 Å². The van der Waals surface area contributed by atoms with Gasteiger partial charge in [0.2, 0.25) is 5.91 Å². The maximum Gasteiger partial charge on any atom is 0.338 e. The molecule has 47 heavy (non-hydrogen) atoms. The zero-order valence-electron chi connectivity index (χ0n) is 26.4. The Morgan fingerprint density at radius 2 is 1.57 bits per heavy atom. The first-order chi connectivity index (χ1) is 22.9. The second-order valence-electron chi connectivity index (χ2n) is 12.2. The molecule has 4 aromatic rings. The zero-order valence-corrected chi connectivity index (χ0v) is 26.4. The van der Waals surface area contributed by atoms with E-state index in [4.69, 9.17) is 4.74 Å². The summed E-state index contributed by atoms with van der Waals surface area (Å²) in [6, 6.07) is 30.4. The van der Waals surface area contributed by atoms with E-state index in [-0.39, 0.29) is 18.4 Å². The van der Waals surface area contributed by atoms with E-state index in [2.05, 4.69) is 33.5 Å². The van der Waals surface area contributed by atoms with Crippen LogP contribution in [0.4, 0.5) is 17.1 Å². The van der Waals surface area contributed by atoms with E-state index in [1.54, 1.807) is 18.2 Å². The van der Waals surface area contributed by atoms with Crippen LogP contribution in [0, 0.1) is 0 Å². The molecule has 3 heterocycles. The molecule has 2 N–H and O–H groups in total. The van der Waals surface area contributed by atoms with Gasteiger partial charge in [0.15, 0.2) is 0 Å². The maximum atomic E-state index is 13.5. The van der Waals surface area contributed by atoms with Crippen LogP contribution < -0.4 is 15.5 Å². The van der Waals surface area contributed by atoms with Gasteiger partial charge in [0.05, 0.1) is 29.1 Å². The van der Waals surface area contributed by atoms with E-state index >= 15 is 0 Å². The van der Waals surface area contributed by atoms with E-state index in [0.29, 0.717) is 41.2 Å². The molecule has 0 aromatic heterocycles. The summed E-state index contributed by atoms with van der Waals surface area (Å²) in [6.07, 6.45) is 0.767. The summed E-state index contributed by atoms with van der Waals surface area (Å²) in [4.78, 5) is 46.1. The second-order valence-corrected chi connectivity index (χ2v) is 12.2. The van der Waals surface area contributed by atoms with Crippen molar-refractivity contribution in [2.45, 2.75) is 13.0 Å². The molecule has 9 nitrogen and oxygen atoms in total. The van der Waals surface area contributed by atoms with Gasteiger partial charge in [0.25, 0.3) is 5.91 Å². The molecule has 2 amide bonds. The lowest BCUT2D eigenvalue weighted by Crippen LogP contribution is -2.48. The number of carbonyl (C=O) groups excluding carboxylic acids is 3. The van der Waals surface area contributed by atoms with Crippen LogP contribution in [0.1, 0.15) is 32.6 Å². The second kappa shape index (κ2) is 13.2. The summed E-state index contributed by atoms with van der Waals surface area (Å²) in [5, 5.41) is 6.49. The number of nitrogens with zero attached hydrogens (tertiary/aromatic N) is 3. The normalized spacial score (nSPS) is 17.1. The van der Waals surface area contributed by atoms with Crippen molar-refractivity contribution < 1.29 is 19.1 Å². The van der Waals surface area contributed by atoms with Gasteiger partial charge in [0, 0.05) is 49.7 Å². The molecule has 0 bridgehead atoms. The van der Waals surface area contributed by atoms with Crippen molar-refractivity contribution in [3.8, 4) is 0 Å². The minimum absolute atomic E-state index is 0.128. The van der Waals surface area contributed by atoms with Gasteiger partial charge in [-0.15, -0.1) is 0 Å². The van der Waals surface area contributed by atoms with Gasteiger partial charge in [-0.1, -0.05) is 66.7 Å². The predicted octanol–water partition coefficient (Wildman–Crippen LogP) is 5.11. The summed E-state index contributed by atoms with van der Waals surface area (Å²) < 4.78 is 5.52. The Labute approximate surface area is 274 Å². The largest absolute Gasteiger partial charge is 0.457 e. The molecule has 0 spiro atoms. The number of hydrogen-bond acceptors (Lipinski definition) is 7. The monoisotopic (exact) mass is 627 g/mol. The van der Waals surface area contributed by atoms with Gasteiger partial charge in [-0.2, -0.15) is 0 Å². The van der Waals surface area contributed by atoms with E-state index < -0.39 is 5.97 Å². The number of esters is 1. The van der Waals surface area contributed by atoms with E-state index in [1.165, 1.54) is 0 Å². The fourth-order valence-corrected chi connectivity index (χ4v) is 6.40. The topological polar surface area (TPSA) is 94.2 Å². The number of likely N-dealkylation sites (N-methyl/N-ethyl adjacent to an activating group) is 1. The first-order valence-electron chi connectivity index (χ1n) is 16.0. The number of fused-ring (bicyclic) bond motifs is 2. The Bertz CT molecular complexity index is 1850. The minimum Gasteiger partial charge on any atom is -0.457 e. The van der Waals surface area contributed by atoms with Crippen LogP contribution in [0.15, 0.2) is 97.1 Å². The Morgan fingerprint density at radius 3 is 2.34 bits per heavy atom. The highest BCUT2D eigenvalue weighted by molar-refractivity contribution is 6.37. The van der Waals surface area contributed by atoms with Gasteiger partial charge in [0.1, 0.15) is 6.61 Å². The van der Waals surface area contributed by atoms with Crippen LogP contribution in [-0.2, 0) is 27.4 Å². The van der Waals surface area contributed by atoms with E-state index in [1.807, 2.05) is 77.7 Å². The fourth-order valence-electron chi connectivity index (χ4n) is 6.40. The summed E-state index contributed by atoms with van der Waals surface area (Å²) in [5.74, 6) is -0.592. The van der Waals surface area contributed by atoms with Crippen LogP contribution in [-0.4, -0.2) is 73.9 Å². The Kier molecular flexibility index (Phi) is 8.56. The molecule has 3 aliphatic heterocycles. The molecule has 0 aliphatic carbocycles. The van der Waals surface area contributed by atoms with Crippen LogP contribution in [0.3, 0.4) is 0 Å². The van der Waals surface area contributed by atoms with Gasteiger partial charge in [-0.05, 0) is 60.5 Å². The van der Waals surface area contributed by atoms with Crippen molar-refractivity contribution in [3.05, 3.63) is 125 Å². The Hall–Kier alpha value is -5.25. The maximum absolute atomic E-state index is 13.5. The molecule has 4 aromatic carbocycles. The fraction of sp³-hybridized carbons (Fsp3) is 0.237. The Balaban J connectivity index is 1.13. The van der Waals surface area contributed by atoms with Crippen LogP contribution in [0.2, 0.25) is 0 Å². The molecule has 0 atom stereocenters. The van der Waals surface area contributed by atoms with Crippen molar-refractivity contribution in [1.82, 2.24) is 9.80 Å². The van der Waals surface area contributed by atoms with Crippen molar-refractivity contribution in [2.75, 3.05) is 61.8 Å². The minimum atomic E-state index is -0.459. The lowest BCUT2D eigenvalue weighted by molar-refractivity contribution is -0.120. The van der Waals surface area contributed by atoms with E-state index in [9.17, 15) is 14.4 Å². The number of anilines is 3. The number of amides is 2. The van der Waals surface area contributed by atoms with Crippen LogP contribution >= 0.6 is 0 Å². The number of rotatable bonds is 8. The van der Waals surface area contributed by atoms with Gasteiger partial charge < -0.3 is 25.2 Å². The number of carbonyl (C=O) groups is 3. The number of ether oxygens (including phenoxy) is 1.